The van der Waals surface area contributed by atoms with E-state index in [4.69, 9.17) is 4.74 Å². The van der Waals surface area contributed by atoms with Gasteiger partial charge in [-0.3, -0.25) is 0 Å². The summed E-state index contributed by atoms with van der Waals surface area (Å²) in [5.41, 5.74) is 1.66. The zero-order valence-corrected chi connectivity index (χ0v) is 10.5. The molecule has 1 aromatic rings. The molecule has 0 aromatic heterocycles. The summed E-state index contributed by atoms with van der Waals surface area (Å²) in [6.07, 6.45) is 1.65. The summed E-state index contributed by atoms with van der Waals surface area (Å²) in [6, 6.07) is 5.54. The second-order valence-corrected chi connectivity index (χ2v) is 4.27. The molecule has 0 atom stereocenters. The normalized spacial score (nSPS) is 10.8. The Labute approximate surface area is 102 Å². The zero-order valence-electron chi connectivity index (χ0n) is 10.5. The van der Waals surface area contributed by atoms with Gasteiger partial charge in [0, 0.05) is 18.2 Å². The van der Waals surface area contributed by atoms with E-state index in [1.54, 1.807) is 12.1 Å². The fourth-order valence-electron chi connectivity index (χ4n) is 1.42. The molecule has 3 heteroatoms. The first-order chi connectivity index (χ1) is 8.13. The maximum atomic E-state index is 13.5. The molecule has 0 unspecified atom stereocenters. The lowest BCUT2D eigenvalue weighted by Gasteiger charge is -2.10. The molecule has 2 nitrogen and oxygen atoms in total. The predicted octanol–water partition coefficient (Wildman–Crippen LogP) is 3.03. The molecule has 0 radical (unpaired) electrons. The topological polar surface area (TPSA) is 21.3 Å². The highest BCUT2D eigenvalue weighted by atomic mass is 19.1. The first kappa shape index (κ1) is 13.9. The molecule has 0 aliphatic rings. The lowest BCUT2D eigenvalue weighted by molar-refractivity contribution is 0.146. The van der Waals surface area contributed by atoms with Crippen LogP contribution in [0.2, 0.25) is 0 Å². The number of halogens is 1. The van der Waals surface area contributed by atoms with Gasteiger partial charge in [0.15, 0.2) is 0 Å². The minimum absolute atomic E-state index is 0.220. The van der Waals surface area contributed by atoms with Gasteiger partial charge in [0.05, 0.1) is 13.2 Å². The van der Waals surface area contributed by atoms with Crippen molar-refractivity contribution in [2.45, 2.75) is 33.0 Å². The summed E-state index contributed by atoms with van der Waals surface area (Å²) in [4.78, 5) is 0. The molecule has 0 amide bonds. The van der Waals surface area contributed by atoms with Crippen molar-refractivity contribution in [2.75, 3.05) is 6.61 Å². The first-order valence-corrected chi connectivity index (χ1v) is 5.82. The van der Waals surface area contributed by atoms with Gasteiger partial charge in [-0.2, -0.15) is 0 Å². The van der Waals surface area contributed by atoms with Gasteiger partial charge in [0.25, 0.3) is 0 Å². The molecule has 0 aliphatic heterocycles. The van der Waals surface area contributed by atoms with E-state index >= 15 is 0 Å². The standard InChI is InChI=1S/C14H20FNO/c1-4-7-17-10-13-8-12(5-6-14(13)15)9-16-11(2)3/h4-6,8,11,16H,1,7,9-10H2,2-3H3. The highest BCUT2D eigenvalue weighted by molar-refractivity contribution is 5.24. The molecule has 0 spiro atoms. The predicted molar refractivity (Wildman–Crippen MR) is 68.2 cm³/mol. The Morgan fingerprint density at radius 3 is 2.88 bits per heavy atom. The second-order valence-electron chi connectivity index (χ2n) is 4.27. The van der Waals surface area contributed by atoms with Gasteiger partial charge < -0.3 is 10.1 Å². The zero-order chi connectivity index (χ0) is 12.7. The van der Waals surface area contributed by atoms with Crippen LogP contribution in [0.1, 0.15) is 25.0 Å². The van der Waals surface area contributed by atoms with Crippen LogP contribution >= 0.6 is 0 Å². The molecule has 0 aliphatic carbocycles. The van der Waals surface area contributed by atoms with Gasteiger partial charge in [-0.05, 0) is 17.7 Å². The summed E-state index contributed by atoms with van der Waals surface area (Å²) in [5.74, 6) is -0.220. The Morgan fingerprint density at radius 2 is 2.24 bits per heavy atom. The Morgan fingerprint density at radius 1 is 1.47 bits per heavy atom. The van der Waals surface area contributed by atoms with E-state index in [1.165, 1.54) is 6.07 Å². The fourth-order valence-corrected chi connectivity index (χ4v) is 1.42. The number of hydrogen-bond acceptors (Lipinski definition) is 2. The molecule has 0 heterocycles. The van der Waals surface area contributed by atoms with Crippen LogP contribution < -0.4 is 5.32 Å². The van der Waals surface area contributed by atoms with E-state index in [0.717, 1.165) is 12.1 Å². The minimum Gasteiger partial charge on any atom is -0.373 e. The van der Waals surface area contributed by atoms with E-state index in [-0.39, 0.29) is 12.4 Å². The van der Waals surface area contributed by atoms with Crippen molar-refractivity contribution in [1.82, 2.24) is 5.32 Å². The smallest absolute Gasteiger partial charge is 0.128 e. The highest BCUT2D eigenvalue weighted by Gasteiger charge is 2.04. The van der Waals surface area contributed by atoms with Gasteiger partial charge >= 0.3 is 0 Å². The van der Waals surface area contributed by atoms with Crippen molar-refractivity contribution < 1.29 is 9.13 Å². The van der Waals surface area contributed by atoms with E-state index in [0.29, 0.717) is 18.2 Å². The number of ether oxygens (including phenoxy) is 1. The van der Waals surface area contributed by atoms with Gasteiger partial charge in [-0.25, -0.2) is 4.39 Å². The van der Waals surface area contributed by atoms with Gasteiger partial charge in [-0.15, -0.1) is 6.58 Å². The van der Waals surface area contributed by atoms with Crippen LogP contribution in [0, 0.1) is 5.82 Å². The molecular weight excluding hydrogens is 217 g/mol. The van der Waals surface area contributed by atoms with E-state index in [9.17, 15) is 4.39 Å². The van der Waals surface area contributed by atoms with Crippen LogP contribution in [0.25, 0.3) is 0 Å². The average Bonchev–Trinajstić information content (AvgIpc) is 2.30. The van der Waals surface area contributed by atoms with Crippen LogP contribution in [0.4, 0.5) is 4.39 Å². The third kappa shape index (κ3) is 5.11. The lowest BCUT2D eigenvalue weighted by Crippen LogP contribution is -2.21. The maximum Gasteiger partial charge on any atom is 0.128 e. The Balaban J connectivity index is 2.62. The Kier molecular flexibility index (Phi) is 5.87. The summed E-state index contributed by atoms with van der Waals surface area (Å²) in [6.45, 7) is 9.18. The van der Waals surface area contributed by atoms with Crippen LogP contribution in [0.5, 0.6) is 0 Å². The van der Waals surface area contributed by atoms with Crippen LogP contribution in [-0.2, 0) is 17.9 Å². The van der Waals surface area contributed by atoms with Crippen LogP contribution in [0.15, 0.2) is 30.9 Å². The largest absolute Gasteiger partial charge is 0.373 e. The average molecular weight is 237 g/mol. The molecular formula is C14H20FNO. The molecule has 0 saturated heterocycles. The monoisotopic (exact) mass is 237 g/mol. The molecule has 94 valence electrons. The second kappa shape index (κ2) is 7.20. The third-order valence-electron chi connectivity index (χ3n) is 2.32. The molecule has 1 N–H and O–H groups in total. The van der Waals surface area contributed by atoms with Crippen molar-refractivity contribution in [2.24, 2.45) is 0 Å². The fraction of sp³-hybridized carbons (Fsp3) is 0.429. The summed E-state index contributed by atoms with van der Waals surface area (Å²) in [5, 5.41) is 3.30. The van der Waals surface area contributed by atoms with Crippen molar-refractivity contribution in [3.8, 4) is 0 Å². The van der Waals surface area contributed by atoms with Crippen LogP contribution in [-0.4, -0.2) is 12.6 Å². The Bertz CT molecular complexity index is 363. The molecule has 1 aromatic carbocycles. The number of rotatable bonds is 7. The van der Waals surface area contributed by atoms with Crippen molar-refractivity contribution in [1.29, 1.82) is 0 Å². The molecule has 17 heavy (non-hydrogen) atoms. The molecule has 0 fully saturated rings. The number of nitrogens with one attached hydrogen (secondary N) is 1. The summed E-state index contributed by atoms with van der Waals surface area (Å²) >= 11 is 0. The SMILES string of the molecule is C=CCOCc1cc(CNC(C)C)ccc1F. The van der Waals surface area contributed by atoms with Gasteiger partial charge in [-0.1, -0.05) is 26.0 Å². The lowest BCUT2D eigenvalue weighted by atomic mass is 10.1. The maximum absolute atomic E-state index is 13.5. The molecule has 0 bridgehead atoms. The van der Waals surface area contributed by atoms with Crippen molar-refractivity contribution >= 4 is 0 Å². The highest BCUT2D eigenvalue weighted by Crippen LogP contribution is 2.12. The quantitative estimate of drug-likeness (QED) is 0.581. The van der Waals surface area contributed by atoms with E-state index in [2.05, 4.69) is 25.7 Å². The molecule has 0 saturated carbocycles. The van der Waals surface area contributed by atoms with E-state index < -0.39 is 0 Å². The minimum atomic E-state index is -0.220. The molecule has 1 rings (SSSR count). The van der Waals surface area contributed by atoms with Crippen LogP contribution in [0.3, 0.4) is 0 Å². The third-order valence-corrected chi connectivity index (χ3v) is 2.32. The van der Waals surface area contributed by atoms with Gasteiger partial charge in [0.2, 0.25) is 0 Å². The summed E-state index contributed by atoms with van der Waals surface area (Å²) in [7, 11) is 0. The van der Waals surface area contributed by atoms with Crippen molar-refractivity contribution in [3.63, 3.8) is 0 Å². The van der Waals surface area contributed by atoms with Crippen molar-refractivity contribution in [3.05, 3.63) is 47.8 Å². The summed E-state index contributed by atoms with van der Waals surface area (Å²) < 4.78 is 18.7. The van der Waals surface area contributed by atoms with E-state index in [1.807, 2.05) is 6.07 Å². The first-order valence-electron chi connectivity index (χ1n) is 5.82. The number of benzene rings is 1. The Hall–Kier alpha value is -1.19. The number of hydrogen-bond donors (Lipinski definition) is 1. The van der Waals surface area contributed by atoms with Gasteiger partial charge in [0.1, 0.15) is 5.82 Å².